The zero-order valence-corrected chi connectivity index (χ0v) is 18.1. The van der Waals surface area contributed by atoms with Crippen LogP contribution in [0.25, 0.3) is 11.1 Å². The third kappa shape index (κ3) is 3.60. The Bertz CT molecular complexity index is 1260. The van der Waals surface area contributed by atoms with Gasteiger partial charge in [0, 0.05) is 21.2 Å². The van der Waals surface area contributed by atoms with Crippen LogP contribution in [0.15, 0.2) is 65.6 Å². The van der Waals surface area contributed by atoms with Gasteiger partial charge in [-0.2, -0.15) is 0 Å². The number of rotatable bonds is 4. The average molecular weight is 463 g/mol. The highest BCUT2D eigenvalue weighted by Gasteiger charge is 2.36. The van der Waals surface area contributed by atoms with Gasteiger partial charge in [-0.15, -0.1) is 0 Å². The third-order valence-corrected chi connectivity index (χ3v) is 6.98. The van der Waals surface area contributed by atoms with Gasteiger partial charge in [0.15, 0.2) is 0 Å². The van der Waals surface area contributed by atoms with Gasteiger partial charge in [0.25, 0.3) is 10.0 Å². The van der Waals surface area contributed by atoms with Crippen molar-refractivity contribution in [2.45, 2.75) is 4.90 Å². The van der Waals surface area contributed by atoms with Crippen LogP contribution in [0.3, 0.4) is 0 Å². The number of amides is 1. The molecule has 154 valence electrons. The SMILES string of the molecule is COc1ccc(Cl)cc1NC(=O)CN1c2ccc(Cl)cc2-c2ccccc2S1(=O)=O. The molecule has 0 saturated heterocycles. The fraction of sp³-hybridized carbons (Fsp3) is 0.0952. The molecule has 0 unspecified atom stereocenters. The Morgan fingerprint density at radius 2 is 1.70 bits per heavy atom. The summed E-state index contributed by atoms with van der Waals surface area (Å²) in [6.45, 7) is -0.430. The van der Waals surface area contributed by atoms with Crippen LogP contribution in [-0.4, -0.2) is 28.0 Å². The first-order valence-corrected chi connectivity index (χ1v) is 11.1. The van der Waals surface area contributed by atoms with Crippen molar-refractivity contribution in [3.8, 4) is 16.9 Å². The normalized spacial score (nSPS) is 13.9. The maximum atomic E-state index is 13.3. The molecule has 0 atom stereocenters. The second-order valence-electron chi connectivity index (χ2n) is 6.56. The Kier molecular flexibility index (Phi) is 5.36. The molecule has 3 aromatic carbocycles. The molecule has 4 rings (SSSR count). The minimum Gasteiger partial charge on any atom is -0.495 e. The first-order chi connectivity index (χ1) is 14.3. The number of carbonyl (C=O) groups is 1. The van der Waals surface area contributed by atoms with E-state index >= 15 is 0 Å². The van der Waals surface area contributed by atoms with E-state index in [0.29, 0.717) is 38.3 Å². The fourth-order valence-corrected chi connectivity index (χ4v) is 5.37. The molecule has 0 saturated carbocycles. The lowest BCUT2D eigenvalue weighted by Gasteiger charge is -2.31. The van der Waals surface area contributed by atoms with Crippen molar-refractivity contribution in [2.24, 2.45) is 0 Å². The minimum absolute atomic E-state index is 0.118. The van der Waals surface area contributed by atoms with E-state index in [2.05, 4.69) is 5.32 Å². The summed E-state index contributed by atoms with van der Waals surface area (Å²) in [5, 5.41) is 3.55. The quantitative estimate of drug-likeness (QED) is 0.602. The monoisotopic (exact) mass is 462 g/mol. The third-order valence-electron chi connectivity index (χ3n) is 4.70. The number of ether oxygens (including phenoxy) is 1. The molecule has 1 aliphatic rings. The van der Waals surface area contributed by atoms with E-state index in [1.54, 1.807) is 48.5 Å². The molecule has 0 aliphatic carbocycles. The van der Waals surface area contributed by atoms with E-state index in [9.17, 15) is 13.2 Å². The van der Waals surface area contributed by atoms with E-state index in [1.807, 2.05) is 0 Å². The molecule has 1 heterocycles. The van der Waals surface area contributed by atoms with Crippen LogP contribution in [0.2, 0.25) is 10.0 Å². The molecule has 0 fully saturated rings. The smallest absolute Gasteiger partial charge is 0.265 e. The second-order valence-corrected chi connectivity index (χ2v) is 9.27. The highest BCUT2D eigenvalue weighted by Crippen LogP contribution is 2.43. The van der Waals surface area contributed by atoms with Gasteiger partial charge < -0.3 is 10.1 Å². The van der Waals surface area contributed by atoms with Gasteiger partial charge in [-0.25, -0.2) is 8.42 Å². The van der Waals surface area contributed by atoms with E-state index in [0.717, 1.165) is 4.31 Å². The molecule has 0 bridgehead atoms. The average Bonchev–Trinajstić information content (AvgIpc) is 2.71. The van der Waals surface area contributed by atoms with Crippen molar-refractivity contribution in [3.63, 3.8) is 0 Å². The number of fused-ring (bicyclic) bond motifs is 3. The van der Waals surface area contributed by atoms with Crippen LogP contribution in [0.1, 0.15) is 0 Å². The van der Waals surface area contributed by atoms with Crippen molar-refractivity contribution < 1.29 is 17.9 Å². The summed E-state index contributed by atoms with van der Waals surface area (Å²) in [5.74, 6) is -0.133. The molecule has 30 heavy (non-hydrogen) atoms. The highest BCUT2D eigenvalue weighted by molar-refractivity contribution is 7.93. The number of nitrogens with zero attached hydrogens (tertiary/aromatic N) is 1. The molecular formula is C21H16Cl2N2O4S. The maximum Gasteiger partial charge on any atom is 0.265 e. The number of benzene rings is 3. The lowest BCUT2D eigenvalue weighted by molar-refractivity contribution is -0.114. The Balaban J connectivity index is 1.73. The summed E-state index contributed by atoms with van der Waals surface area (Å²) in [6, 6.07) is 16.3. The van der Waals surface area contributed by atoms with Crippen molar-refractivity contribution in [1.29, 1.82) is 0 Å². The predicted molar refractivity (Wildman–Crippen MR) is 118 cm³/mol. The molecular weight excluding hydrogens is 447 g/mol. The second kappa shape index (κ2) is 7.83. The summed E-state index contributed by atoms with van der Waals surface area (Å²) in [4.78, 5) is 12.9. The summed E-state index contributed by atoms with van der Waals surface area (Å²) < 4.78 is 32.9. The van der Waals surface area contributed by atoms with Gasteiger partial charge in [-0.1, -0.05) is 41.4 Å². The van der Waals surface area contributed by atoms with Crippen molar-refractivity contribution in [1.82, 2.24) is 0 Å². The van der Waals surface area contributed by atoms with Crippen LogP contribution in [-0.2, 0) is 14.8 Å². The number of methoxy groups -OCH3 is 1. The van der Waals surface area contributed by atoms with Gasteiger partial charge in [0.1, 0.15) is 12.3 Å². The van der Waals surface area contributed by atoms with Gasteiger partial charge >= 0.3 is 0 Å². The standard InChI is InChI=1S/C21H16Cl2N2O4S/c1-29-19-9-7-14(23)11-17(19)24-21(26)12-25-18-8-6-13(22)10-16(18)15-4-2-3-5-20(15)30(25,27)28/h2-11H,12H2,1H3,(H,24,26). The van der Waals surface area contributed by atoms with Crippen LogP contribution in [0.5, 0.6) is 5.75 Å². The molecule has 0 radical (unpaired) electrons. The fourth-order valence-electron chi connectivity index (χ4n) is 3.37. The zero-order chi connectivity index (χ0) is 21.5. The summed E-state index contributed by atoms with van der Waals surface area (Å²) in [7, 11) is -2.48. The number of carbonyl (C=O) groups excluding carboxylic acids is 1. The molecule has 0 aromatic heterocycles. The zero-order valence-electron chi connectivity index (χ0n) is 15.7. The number of hydrogen-bond donors (Lipinski definition) is 1. The van der Waals surface area contributed by atoms with Gasteiger partial charge in [0.2, 0.25) is 5.91 Å². The van der Waals surface area contributed by atoms with Crippen LogP contribution >= 0.6 is 23.2 Å². The van der Waals surface area contributed by atoms with Gasteiger partial charge in [-0.05, 0) is 42.5 Å². The molecule has 1 amide bonds. The number of halogens is 2. The Labute approximate surface area is 184 Å². The largest absolute Gasteiger partial charge is 0.495 e. The molecule has 0 spiro atoms. The highest BCUT2D eigenvalue weighted by atomic mass is 35.5. The lowest BCUT2D eigenvalue weighted by Crippen LogP contribution is -2.40. The minimum atomic E-state index is -3.95. The van der Waals surface area contributed by atoms with E-state index in [1.165, 1.54) is 19.2 Å². The first-order valence-electron chi connectivity index (χ1n) is 8.86. The Morgan fingerprint density at radius 3 is 2.47 bits per heavy atom. The molecule has 6 nitrogen and oxygen atoms in total. The van der Waals surface area contributed by atoms with Gasteiger partial charge in [0.05, 0.1) is 23.4 Å². The number of hydrogen-bond acceptors (Lipinski definition) is 4. The van der Waals surface area contributed by atoms with E-state index in [4.69, 9.17) is 27.9 Å². The lowest BCUT2D eigenvalue weighted by atomic mass is 10.0. The topological polar surface area (TPSA) is 75.7 Å². The number of sulfonamides is 1. The first kappa shape index (κ1) is 20.5. The molecule has 9 heteroatoms. The Morgan fingerprint density at radius 1 is 1.00 bits per heavy atom. The summed E-state index contributed by atoms with van der Waals surface area (Å²) >= 11 is 12.2. The molecule has 1 aliphatic heterocycles. The maximum absolute atomic E-state index is 13.3. The van der Waals surface area contributed by atoms with Crippen molar-refractivity contribution in [3.05, 3.63) is 70.7 Å². The number of anilines is 2. The van der Waals surface area contributed by atoms with Crippen LogP contribution < -0.4 is 14.4 Å². The molecule has 3 aromatic rings. The van der Waals surface area contributed by atoms with Gasteiger partial charge in [-0.3, -0.25) is 9.10 Å². The van der Waals surface area contributed by atoms with Crippen LogP contribution in [0.4, 0.5) is 11.4 Å². The van der Waals surface area contributed by atoms with Crippen molar-refractivity contribution >= 4 is 50.5 Å². The molecule has 1 N–H and O–H groups in total. The predicted octanol–water partition coefficient (Wildman–Crippen LogP) is 4.82. The number of nitrogens with one attached hydrogen (secondary N) is 1. The summed E-state index contributed by atoms with van der Waals surface area (Å²) in [6.07, 6.45) is 0. The Hall–Kier alpha value is -2.74. The summed E-state index contributed by atoms with van der Waals surface area (Å²) in [5.41, 5.74) is 1.91. The van der Waals surface area contributed by atoms with Crippen molar-refractivity contribution in [2.75, 3.05) is 23.3 Å². The van der Waals surface area contributed by atoms with E-state index < -0.39 is 22.5 Å². The van der Waals surface area contributed by atoms with Crippen LogP contribution in [0, 0.1) is 0 Å². The van der Waals surface area contributed by atoms with E-state index in [-0.39, 0.29) is 4.90 Å².